The van der Waals surface area contributed by atoms with Gasteiger partial charge in [-0.1, -0.05) is 49.2 Å². The minimum absolute atomic E-state index is 0.000780. The van der Waals surface area contributed by atoms with Gasteiger partial charge in [-0.2, -0.15) is 4.31 Å². The fraction of sp³-hybridized carbons (Fsp3) is 0.300. The Hall–Kier alpha value is -2.13. The van der Waals surface area contributed by atoms with Crippen molar-refractivity contribution in [3.8, 4) is 0 Å². The number of benzene rings is 2. The molecule has 0 saturated heterocycles. The Morgan fingerprint density at radius 1 is 1.03 bits per heavy atom. The third-order valence-corrected chi connectivity index (χ3v) is 7.01. The molecule has 1 amide bonds. The summed E-state index contributed by atoms with van der Waals surface area (Å²) >= 11 is 11.9. The summed E-state index contributed by atoms with van der Waals surface area (Å²) in [6.07, 6.45) is 0. The quantitative estimate of drug-likeness (QED) is 0.563. The predicted octanol–water partition coefficient (Wildman–Crippen LogP) is 3.50. The number of ether oxygens (including phenoxy) is 1. The Labute approximate surface area is 186 Å². The van der Waals surface area contributed by atoms with Crippen molar-refractivity contribution in [1.82, 2.24) is 9.62 Å². The van der Waals surface area contributed by atoms with Crippen LogP contribution in [0.1, 0.15) is 29.8 Å². The van der Waals surface area contributed by atoms with E-state index in [9.17, 15) is 18.0 Å². The van der Waals surface area contributed by atoms with Crippen molar-refractivity contribution in [2.75, 3.05) is 19.7 Å². The van der Waals surface area contributed by atoms with Gasteiger partial charge in [-0.3, -0.25) is 4.79 Å². The molecule has 2 aromatic rings. The Morgan fingerprint density at radius 2 is 1.67 bits per heavy atom. The van der Waals surface area contributed by atoms with E-state index in [4.69, 9.17) is 27.9 Å². The molecular formula is C20H22Cl2N2O5S. The van der Waals surface area contributed by atoms with Crippen LogP contribution in [0.2, 0.25) is 10.0 Å². The van der Waals surface area contributed by atoms with Crippen LogP contribution in [-0.2, 0) is 26.1 Å². The average Bonchev–Trinajstić information content (AvgIpc) is 2.72. The highest BCUT2D eigenvalue weighted by Crippen LogP contribution is 2.26. The van der Waals surface area contributed by atoms with Gasteiger partial charge in [0.25, 0.3) is 5.91 Å². The highest BCUT2D eigenvalue weighted by atomic mass is 35.5. The van der Waals surface area contributed by atoms with Gasteiger partial charge in [0.1, 0.15) is 4.90 Å². The summed E-state index contributed by atoms with van der Waals surface area (Å²) in [5, 5.41) is 3.20. The summed E-state index contributed by atoms with van der Waals surface area (Å²) in [5.74, 6) is -1.33. The molecule has 1 N–H and O–H groups in total. The molecule has 7 nitrogen and oxygen atoms in total. The molecule has 0 atom stereocenters. The van der Waals surface area contributed by atoms with E-state index < -0.39 is 28.5 Å². The van der Waals surface area contributed by atoms with Crippen molar-refractivity contribution in [1.29, 1.82) is 0 Å². The van der Waals surface area contributed by atoms with Crippen LogP contribution in [0.3, 0.4) is 0 Å². The van der Waals surface area contributed by atoms with Gasteiger partial charge in [-0.15, -0.1) is 0 Å². The lowest BCUT2D eigenvalue weighted by molar-refractivity contribution is -0.124. The van der Waals surface area contributed by atoms with Gasteiger partial charge in [0.15, 0.2) is 6.61 Å². The third-order valence-electron chi connectivity index (χ3n) is 4.23. The van der Waals surface area contributed by atoms with Crippen molar-refractivity contribution in [2.45, 2.75) is 25.3 Å². The highest BCUT2D eigenvalue weighted by Gasteiger charge is 2.26. The first kappa shape index (κ1) is 24.1. The lowest BCUT2D eigenvalue weighted by Gasteiger charge is -2.19. The first-order valence-electron chi connectivity index (χ1n) is 9.17. The molecule has 0 aliphatic rings. The number of sulfonamides is 1. The maximum atomic E-state index is 12.7. The van der Waals surface area contributed by atoms with Crippen LogP contribution in [0.4, 0.5) is 0 Å². The van der Waals surface area contributed by atoms with E-state index in [-0.39, 0.29) is 35.1 Å². The van der Waals surface area contributed by atoms with Crippen LogP contribution in [0.5, 0.6) is 0 Å². The molecule has 0 unspecified atom stereocenters. The molecule has 0 heterocycles. The molecular weight excluding hydrogens is 451 g/mol. The molecule has 0 aliphatic heterocycles. The average molecular weight is 473 g/mol. The van der Waals surface area contributed by atoms with E-state index >= 15 is 0 Å². The number of carbonyl (C=O) groups is 2. The van der Waals surface area contributed by atoms with Crippen LogP contribution < -0.4 is 5.32 Å². The molecule has 162 valence electrons. The third kappa shape index (κ3) is 6.18. The molecule has 2 aromatic carbocycles. The summed E-state index contributed by atoms with van der Waals surface area (Å²) in [6, 6.07) is 10.7. The van der Waals surface area contributed by atoms with Crippen molar-refractivity contribution in [3.05, 3.63) is 63.6 Å². The number of rotatable bonds is 9. The van der Waals surface area contributed by atoms with E-state index in [0.717, 1.165) is 11.6 Å². The molecule has 0 aliphatic carbocycles. The Kier molecular flexibility index (Phi) is 8.66. The van der Waals surface area contributed by atoms with Crippen LogP contribution in [-0.4, -0.2) is 44.3 Å². The largest absolute Gasteiger partial charge is 0.452 e. The van der Waals surface area contributed by atoms with E-state index in [1.54, 1.807) is 38.1 Å². The summed E-state index contributed by atoms with van der Waals surface area (Å²) in [6.45, 7) is 3.68. The standard InChI is InChI=1S/C20H22Cl2N2O5S/c1-3-24(4-2)30(27,28)18-11-15(7-10-17(18)22)20(26)29-13-19(25)23-12-14-5-8-16(21)9-6-14/h5-11H,3-4,12-13H2,1-2H3,(H,23,25). The number of hydrogen-bond acceptors (Lipinski definition) is 5. The monoisotopic (exact) mass is 472 g/mol. The number of amides is 1. The smallest absolute Gasteiger partial charge is 0.338 e. The molecule has 0 fully saturated rings. The number of nitrogens with one attached hydrogen (secondary N) is 1. The summed E-state index contributed by atoms with van der Waals surface area (Å²) in [7, 11) is -3.86. The SMILES string of the molecule is CCN(CC)S(=O)(=O)c1cc(C(=O)OCC(=O)NCc2ccc(Cl)cc2)ccc1Cl. The van der Waals surface area contributed by atoms with Crippen LogP contribution >= 0.6 is 23.2 Å². The molecule has 0 aromatic heterocycles. The van der Waals surface area contributed by atoms with Gasteiger partial charge in [-0.05, 0) is 35.9 Å². The van der Waals surface area contributed by atoms with Gasteiger partial charge in [0.05, 0.1) is 10.6 Å². The Balaban J connectivity index is 2.01. The zero-order valence-corrected chi connectivity index (χ0v) is 18.9. The van der Waals surface area contributed by atoms with Gasteiger partial charge >= 0.3 is 5.97 Å². The topological polar surface area (TPSA) is 92.8 Å². The zero-order chi connectivity index (χ0) is 22.3. The van der Waals surface area contributed by atoms with Crippen LogP contribution in [0, 0.1) is 0 Å². The second-order valence-corrected chi connectivity index (χ2v) is 8.96. The molecule has 0 bridgehead atoms. The number of esters is 1. The Bertz CT molecular complexity index is 1010. The second-order valence-electron chi connectivity index (χ2n) is 6.21. The summed E-state index contributed by atoms with van der Waals surface area (Å²) in [4.78, 5) is 24.0. The first-order chi connectivity index (χ1) is 14.2. The minimum Gasteiger partial charge on any atom is -0.452 e. The zero-order valence-electron chi connectivity index (χ0n) is 16.5. The molecule has 0 spiro atoms. The number of hydrogen-bond donors (Lipinski definition) is 1. The maximum Gasteiger partial charge on any atom is 0.338 e. The van der Waals surface area contributed by atoms with Gasteiger partial charge in [0, 0.05) is 24.7 Å². The summed E-state index contributed by atoms with van der Waals surface area (Å²) in [5.41, 5.74) is 0.818. The number of nitrogens with zero attached hydrogens (tertiary/aromatic N) is 1. The predicted molar refractivity (Wildman–Crippen MR) is 115 cm³/mol. The molecule has 2 rings (SSSR count). The van der Waals surface area contributed by atoms with Crippen molar-refractivity contribution in [2.24, 2.45) is 0 Å². The van der Waals surface area contributed by atoms with E-state index in [1.165, 1.54) is 16.4 Å². The normalized spacial score (nSPS) is 11.4. The Morgan fingerprint density at radius 3 is 2.27 bits per heavy atom. The molecule has 0 saturated carbocycles. The highest BCUT2D eigenvalue weighted by molar-refractivity contribution is 7.89. The van der Waals surface area contributed by atoms with Gasteiger partial charge in [0.2, 0.25) is 10.0 Å². The second kappa shape index (κ2) is 10.8. The lowest BCUT2D eigenvalue weighted by Crippen LogP contribution is -2.31. The van der Waals surface area contributed by atoms with Crippen molar-refractivity contribution >= 4 is 45.1 Å². The fourth-order valence-electron chi connectivity index (χ4n) is 2.60. The van der Waals surface area contributed by atoms with Gasteiger partial charge in [-0.25, -0.2) is 13.2 Å². The number of carbonyl (C=O) groups excluding carboxylic acids is 2. The minimum atomic E-state index is -3.86. The van der Waals surface area contributed by atoms with E-state index in [1.807, 2.05) is 0 Å². The first-order valence-corrected chi connectivity index (χ1v) is 11.4. The molecule has 10 heteroatoms. The number of halogens is 2. The lowest BCUT2D eigenvalue weighted by atomic mass is 10.2. The van der Waals surface area contributed by atoms with Crippen molar-refractivity contribution < 1.29 is 22.7 Å². The molecule has 30 heavy (non-hydrogen) atoms. The summed E-state index contributed by atoms with van der Waals surface area (Å²) < 4.78 is 31.7. The molecule has 0 radical (unpaired) electrons. The van der Waals surface area contributed by atoms with Crippen LogP contribution in [0.25, 0.3) is 0 Å². The van der Waals surface area contributed by atoms with Gasteiger partial charge < -0.3 is 10.1 Å². The van der Waals surface area contributed by atoms with E-state index in [0.29, 0.717) is 5.02 Å². The van der Waals surface area contributed by atoms with Crippen LogP contribution in [0.15, 0.2) is 47.4 Å². The maximum absolute atomic E-state index is 12.7. The fourth-order valence-corrected chi connectivity index (χ4v) is 4.68. The van der Waals surface area contributed by atoms with Crippen molar-refractivity contribution in [3.63, 3.8) is 0 Å². The van der Waals surface area contributed by atoms with E-state index in [2.05, 4.69) is 5.32 Å².